The van der Waals surface area contributed by atoms with Gasteiger partial charge in [0.15, 0.2) is 0 Å². The van der Waals surface area contributed by atoms with E-state index < -0.39 is 0 Å². The van der Waals surface area contributed by atoms with Crippen molar-refractivity contribution in [3.05, 3.63) is 22.8 Å². The molecule has 2 unspecified atom stereocenters. The quantitative estimate of drug-likeness (QED) is 0.748. The van der Waals surface area contributed by atoms with Gasteiger partial charge in [-0.25, -0.2) is 4.98 Å². The van der Waals surface area contributed by atoms with Crippen LogP contribution in [-0.4, -0.2) is 17.6 Å². The summed E-state index contributed by atoms with van der Waals surface area (Å²) in [5.74, 6) is 1.39. The van der Waals surface area contributed by atoms with Gasteiger partial charge in [0.25, 0.3) is 0 Å². The number of hydrogen-bond donors (Lipinski definition) is 1. The summed E-state index contributed by atoms with van der Waals surface area (Å²) in [4.78, 5) is 4.59. The summed E-state index contributed by atoms with van der Waals surface area (Å²) >= 11 is 6.22. The molecule has 21 heavy (non-hydrogen) atoms. The molecule has 0 aromatic carbocycles. The topological polar surface area (TPSA) is 34.2 Å². The second-order valence-corrected chi connectivity index (χ2v) is 6.27. The first-order chi connectivity index (χ1) is 10.2. The standard InChI is InChI=1S/C17H27ClN2O/c1-3-11-19-12-15-14(18)9-10-17(20-15)21-16-8-6-5-7-13(16)4-2/h9-10,13,16,19H,3-8,11-12H2,1-2H3. The molecule has 2 rings (SSSR count). The van der Waals surface area contributed by atoms with Gasteiger partial charge >= 0.3 is 0 Å². The molecule has 0 radical (unpaired) electrons. The van der Waals surface area contributed by atoms with E-state index in [1.165, 1.54) is 25.7 Å². The van der Waals surface area contributed by atoms with Crippen LogP contribution in [0.15, 0.2) is 12.1 Å². The monoisotopic (exact) mass is 310 g/mol. The van der Waals surface area contributed by atoms with E-state index in [0.717, 1.165) is 31.0 Å². The molecule has 1 aliphatic carbocycles. The molecule has 1 N–H and O–H groups in total. The van der Waals surface area contributed by atoms with Crippen molar-refractivity contribution in [2.24, 2.45) is 5.92 Å². The third kappa shape index (κ3) is 4.86. The molecule has 0 spiro atoms. The van der Waals surface area contributed by atoms with Crippen LogP contribution in [0, 0.1) is 5.92 Å². The number of hydrogen-bond acceptors (Lipinski definition) is 3. The van der Waals surface area contributed by atoms with E-state index in [2.05, 4.69) is 24.1 Å². The average Bonchev–Trinajstić information content (AvgIpc) is 2.51. The van der Waals surface area contributed by atoms with E-state index in [-0.39, 0.29) is 0 Å². The summed E-state index contributed by atoms with van der Waals surface area (Å²) in [5, 5.41) is 4.05. The number of pyridine rings is 1. The first kappa shape index (κ1) is 16.6. The first-order valence-electron chi connectivity index (χ1n) is 8.27. The maximum Gasteiger partial charge on any atom is 0.213 e. The summed E-state index contributed by atoms with van der Waals surface area (Å²) in [6.07, 6.45) is 7.62. The van der Waals surface area contributed by atoms with Crippen LogP contribution in [0.3, 0.4) is 0 Å². The van der Waals surface area contributed by atoms with Gasteiger partial charge in [0.05, 0.1) is 10.7 Å². The van der Waals surface area contributed by atoms with Crippen molar-refractivity contribution >= 4 is 11.6 Å². The second-order valence-electron chi connectivity index (χ2n) is 5.86. The summed E-state index contributed by atoms with van der Waals surface area (Å²) < 4.78 is 6.16. The van der Waals surface area contributed by atoms with Gasteiger partial charge in [-0.3, -0.25) is 0 Å². The van der Waals surface area contributed by atoms with Gasteiger partial charge < -0.3 is 10.1 Å². The second kappa shape index (κ2) is 8.60. The van der Waals surface area contributed by atoms with E-state index in [4.69, 9.17) is 16.3 Å². The molecular weight excluding hydrogens is 284 g/mol. The number of aromatic nitrogens is 1. The smallest absolute Gasteiger partial charge is 0.213 e. The Bertz CT molecular complexity index is 439. The predicted molar refractivity (Wildman–Crippen MR) is 87.9 cm³/mol. The largest absolute Gasteiger partial charge is 0.474 e. The number of rotatable bonds is 7. The van der Waals surface area contributed by atoms with Gasteiger partial charge in [0.1, 0.15) is 6.10 Å². The molecule has 118 valence electrons. The minimum Gasteiger partial charge on any atom is -0.474 e. The summed E-state index contributed by atoms with van der Waals surface area (Å²) in [6.45, 7) is 6.08. The van der Waals surface area contributed by atoms with Crippen molar-refractivity contribution in [2.75, 3.05) is 6.54 Å². The molecule has 4 heteroatoms. The van der Waals surface area contributed by atoms with Crippen LogP contribution < -0.4 is 10.1 Å². The number of nitrogens with zero attached hydrogens (tertiary/aromatic N) is 1. The van der Waals surface area contributed by atoms with Crippen LogP contribution >= 0.6 is 11.6 Å². The van der Waals surface area contributed by atoms with Crippen LogP contribution in [0.1, 0.15) is 58.1 Å². The highest BCUT2D eigenvalue weighted by molar-refractivity contribution is 6.31. The van der Waals surface area contributed by atoms with E-state index in [0.29, 0.717) is 23.6 Å². The SMILES string of the molecule is CCCNCc1nc(OC2CCCCC2CC)ccc1Cl. The molecule has 0 saturated heterocycles. The van der Waals surface area contributed by atoms with Gasteiger partial charge in [-0.05, 0) is 50.6 Å². The molecule has 3 nitrogen and oxygen atoms in total. The Balaban J connectivity index is 2.00. The molecule has 1 aromatic rings. The third-order valence-electron chi connectivity index (χ3n) is 4.25. The van der Waals surface area contributed by atoms with Gasteiger partial charge in [-0.1, -0.05) is 31.9 Å². The Morgan fingerprint density at radius 3 is 2.86 bits per heavy atom. The third-order valence-corrected chi connectivity index (χ3v) is 4.59. The molecule has 0 aliphatic heterocycles. The maximum atomic E-state index is 6.22. The number of halogens is 1. The van der Waals surface area contributed by atoms with Crippen molar-refractivity contribution in [2.45, 2.75) is 65.0 Å². The van der Waals surface area contributed by atoms with Crippen molar-refractivity contribution in [1.29, 1.82) is 0 Å². The van der Waals surface area contributed by atoms with Crippen molar-refractivity contribution in [3.63, 3.8) is 0 Å². The molecule has 1 fully saturated rings. The lowest BCUT2D eigenvalue weighted by Gasteiger charge is -2.30. The van der Waals surface area contributed by atoms with E-state index in [1.54, 1.807) is 0 Å². The Labute approximate surface area is 133 Å². The lowest BCUT2D eigenvalue weighted by Crippen LogP contribution is -2.30. The molecule has 1 aliphatic rings. The van der Waals surface area contributed by atoms with Crippen LogP contribution in [-0.2, 0) is 6.54 Å². The molecule has 1 saturated carbocycles. The Kier molecular flexibility index (Phi) is 6.78. The van der Waals surface area contributed by atoms with E-state index >= 15 is 0 Å². The molecule has 2 atom stereocenters. The predicted octanol–water partition coefficient (Wildman–Crippen LogP) is 4.58. The maximum absolute atomic E-state index is 6.22. The zero-order chi connectivity index (χ0) is 15.1. The lowest BCUT2D eigenvalue weighted by molar-refractivity contribution is 0.0856. The fourth-order valence-electron chi connectivity index (χ4n) is 2.99. The molecular formula is C17H27ClN2O. The average molecular weight is 311 g/mol. The minimum atomic E-state index is 0.314. The van der Waals surface area contributed by atoms with E-state index in [1.807, 2.05) is 12.1 Å². The highest BCUT2D eigenvalue weighted by Gasteiger charge is 2.25. The van der Waals surface area contributed by atoms with Crippen LogP contribution in [0.2, 0.25) is 5.02 Å². The Hall–Kier alpha value is -0.800. The summed E-state index contributed by atoms with van der Waals surface area (Å²) in [7, 11) is 0. The van der Waals surface area contributed by atoms with Gasteiger partial charge in [-0.15, -0.1) is 0 Å². The van der Waals surface area contributed by atoms with Crippen molar-refractivity contribution < 1.29 is 4.74 Å². The first-order valence-corrected chi connectivity index (χ1v) is 8.65. The fourth-order valence-corrected chi connectivity index (χ4v) is 3.16. The van der Waals surface area contributed by atoms with Crippen molar-refractivity contribution in [1.82, 2.24) is 10.3 Å². The summed E-state index contributed by atoms with van der Waals surface area (Å²) in [6, 6.07) is 3.80. The van der Waals surface area contributed by atoms with Crippen molar-refractivity contribution in [3.8, 4) is 5.88 Å². The van der Waals surface area contributed by atoms with Crippen LogP contribution in [0.25, 0.3) is 0 Å². The van der Waals surface area contributed by atoms with Gasteiger partial charge in [-0.2, -0.15) is 0 Å². The number of ether oxygens (including phenoxy) is 1. The molecule has 1 heterocycles. The van der Waals surface area contributed by atoms with Gasteiger partial charge in [0, 0.05) is 12.6 Å². The zero-order valence-corrected chi connectivity index (χ0v) is 14.0. The van der Waals surface area contributed by atoms with E-state index in [9.17, 15) is 0 Å². The minimum absolute atomic E-state index is 0.314. The normalized spacial score (nSPS) is 22.2. The summed E-state index contributed by atoms with van der Waals surface area (Å²) in [5.41, 5.74) is 0.881. The molecule has 0 bridgehead atoms. The molecule has 1 aromatic heterocycles. The zero-order valence-electron chi connectivity index (χ0n) is 13.2. The lowest BCUT2D eigenvalue weighted by atomic mass is 9.85. The highest BCUT2D eigenvalue weighted by Crippen LogP contribution is 2.30. The number of nitrogens with one attached hydrogen (secondary N) is 1. The molecule has 0 amide bonds. The van der Waals surface area contributed by atoms with Crippen LogP contribution in [0.4, 0.5) is 0 Å². The fraction of sp³-hybridized carbons (Fsp3) is 0.706. The highest BCUT2D eigenvalue weighted by atomic mass is 35.5. The Morgan fingerprint density at radius 2 is 2.10 bits per heavy atom. The van der Waals surface area contributed by atoms with Crippen LogP contribution in [0.5, 0.6) is 5.88 Å². The van der Waals surface area contributed by atoms with Gasteiger partial charge in [0.2, 0.25) is 5.88 Å². The Morgan fingerprint density at radius 1 is 1.29 bits per heavy atom.